The van der Waals surface area contributed by atoms with Gasteiger partial charge < -0.3 is 4.57 Å². The lowest BCUT2D eigenvalue weighted by Gasteiger charge is -2.32. The number of nitroso groups, excluding NO2 is 1. The molecule has 0 aromatic carbocycles. The van der Waals surface area contributed by atoms with Gasteiger partial charge in [-0.3, -0.25) is 14.3 Å². The highest BCUT2D eigenvalue weighted by Gasteiger charge is 2.38. The molecule has 3 aromatic rings. The summed E-state index contributed by atoms with van der Waals surface area (Å²) in [6.07, 6.45) is 9.20. The summed E-state index contributed by atoms with van der Waals surface area (Å²) in [5, 5.41) is 8.31. The molecular formula is C22H25N5O3. The molecule has 1 fully saturated rings. The van der Waals surface area contributed by atoms with Gasteiger partial charge in [-0.05, 0) is 42.6 Å². The average Bonchev–Trinajstić information content (AvgIpc) is 3.34. The van der Waals surface area contributed by atoms with E-state index in [9.17, 15) is 14.5 Å². The molecule has 0 N–H and O–H groups in total. The Hall–Kier alpha value is -3.16. The topological polar surface area (TPSA) is 99.2 Å². The maximum Gasteiger partial charge on any atom is 0.240 e. The molecule has 8 nitrogen and oxygen atoms in total. The van der Waals surface area contributed by atoms with E-state index in [1.165, 1.54) is 6.20 Å². The number of nitrogens with zero attached hydrogens (tertiary/aromatic N) is 5. The summed E-state index contributed by atoms with van der Waals surface area (Å²) >= 11 is 0. The minimum Gasteiger partial charge on any atom is -0.324 e. The van der Waals surface area contributed by atoms with Gasteiger partial charge in [-0.1, -0.05) is 26.7 Å². The minimum absolute atomic E-state index is 0.220. The van der Waals surface area contributed by atoms with Crippen molar-refractivity contribution in [3.63, 3.8) is 0 Å². The Kier molecular flexibility index (Phi) is 5.09. The van der Waals surface area contributed by atoms with Crippen molar-refractivity contribution in [2.45, 2.75) is 58.5 Å². The molecule has 156 valence electrons. The van der Waals surface area contributed by atoms with Crippen LogP contribution in [0.3, 0.4) is 0 Å². The first kappa shape index (κ1) is 20.1. The Labute approximate surface area is 173 Å². The van der Waals surface area contributed by atoms with Gasteiger partial charge in [0.2, 0.25) is 5.43 Å². The van der Waals surface area contributed by atoms with Gasteiger partial charge in [-0.25, -0.2) is 4.98 Å². The second kappa shape index (κ2) is 7.59. The molecule has 1 aliphatic rings. The van der Waals surface area contributed by atoms with E-state index in [1.54, 1.807) is 24.7 Å². The van der Waals surface area contributed by atoms with E-state index in [1.807, 2.05) is 6.07 Å². The van der Waals surface area contributed by atoms with Gasteiger partial charge in [-0.15, -0.1) is 4.91 Å². The molecule has 8 heteroatoms. The number of Topliss-reactive ketones (excluding diaryl/α,β-unsaturated/α-hetero) is 1. The highest BCUT2D eigenvalue weighted by molar-refractivity contribution is 5.95. The number of carbonyl (C=O) groups excluding carboxylic acids is 1. The van der Waals surface area contributed by atoms with Gasteiger partial charge in [-0.2, -0.15) is 5.10 Å². The molecule has 0 atom stereocenters. The molecule has 3 aromatic heterocycles. The summed E-state index contributed by atoms with van der Waals surface area (Å²) in [5.74, 6) is -0.787. The number of aromatic nitrogens is 4. The fourth-order valence-corrected chi connectivity index (χ4v) is 4.50. The van der Waals surface area contributed by atoms with Crippen molar-refractivity contribution in [1.29, 1.82) is 0 Å². The standard InChI is InChI=1S/C22H25N5O3/c1-14(2)19(28)18-20(29)17(25-30)12-26(24-18)13-22(8-4-5-9-22)27-11-15(3)16-7-6-10-23-21(16)27/h6-7,10-12,14H,4-5,8-9,13H2,1-3H3. The lowest BCUT2D eigenvalue weighted by atomic mass is 9.97. The Morgan fingerprint density at radius 2 is 2.00 bits per heavy atom. The molecule has 4 rings (SSSR count). The van der Waals surface area contributed by atoms with E-state index in [2.05, 4.69) is 39.0 Å². The fourth-order valence-electron chi connectivity index (χ4n) is 4.50. The molecule has 0 saturated heterocycles. The first-order chi connectivity index (χ1) is 14.4. The number of carbonyl (C=O) groups is 1. The minimum atomic E-state index is -0.704. The largest absolute Gasteiger partial charge is 0.324 e. The second-order valence-electron chi connectivity index (χ2n) is 8.49. The van der Waals surface area contributed by atoms with Gasteiger partial charge in [0.25, 0.3) is 0 Å². The third-order valence-electron chi connectivity index (χ3n) is 6.07. The van der Waals surface area contributed by atoms with Crippen LogP contribution in [0.15, 0.2) is 40.7 Å². The molecule has 0 bridgehead atoms. The molecule has 3 heterocycles. The summed E-state index contributed by atoms with van der Waals surface area (Å²) in [7, 11) is 0. The number of pyridine rings is 1. The highest BCUT2D eigenvalue weighted by Crippen LogP contribution is 2.40. The van der Waals surface area contributed by atoms with Crippen LogP contribution in [0.2, 0.25) is 0 Å². The highest BCUT2D eigenvalue weighted by atomic mass is 16.3. The van der Waals surface area contributed by atoms with Gasteiger partial charge in [0, 0.05) is 23.7 Å². The van der Waals surface area contributed by atoms with Crippen LogP contribution < -0.4 is 5.43 Å². The maximum atomic E-state index is 12.5. The second-order valence-corrected chi connectivity index (χ2v) is 8.49. The summed E-state index contributed by atoms with van der Waals surface area (Å²) in [6.45, 7) is 5.89. The zero-order valence-corrected chi connectivity index (χ0v) is 17.5. The third-order valence-corrected chi connectivity index (χ3v) is 6.07. The lowest BCUT2D eigenvalue weighted by molar-refractivity contribution is 0.0929. The van der Waals surface area contributed by atoms with E-state index in [0.29, 0.717) is 6.54 Å². The fraction of sp³-hybridized carbons (Fsp3) is 0.455. The molecule has 1 saturated carbocycles. The average molecular weight is 407 g/mol. The Morgan fingerprint density at radius 3 is 2.67 bits per heavy atom. The van der Waals surface area contributed by atoms with Crippen LogP contribution in [0.5, 0.6) is 0 Å². The van der Waals surface area contributed by atoms with E-state index in [0.717, 1.165) is 42.3 Å². The molecule has 0 spiro atoms. The summed E-state index contributed by atoms with van der Waals surface area (Å²) in [4.78, 5) is 40.9. The summed E-state index contributed by atoms with van der Waals surface area (Å²) in [5.41, 5.74) is 0.537. The number of rotatable bonds is 6. The number of hydrogen-bond donors (Lipinski definition) is 0. The van der Waals surface area contributed by atoms with Crippen LogP contribution in [-0.4, -0.2) is 25.1 Å². The first-order valence-corrected chi connectivity index (χ1v) is 10.3. The van der Waals surface area contributed by atoms with Crippen LogP contribution >= 0.6 is 0 Å². The lowest BCUT2D eigenvalue weighted by Crippen LogP contribution is -2.37. The van der Waals surface area contributed by atoms with Gasteiger partial charge >= 0.3 is 0 Å². The first-order valence-electron chi connectivity index (χ1n) is 10.3. The molecule has 0 amide bonds. The zero-order chi connectivity index (χ0) is 21.5. The molecule has 1 aliphatic carbocycles. The van der Waals surface area contributed by atoms with Crippen molar-refractivity contribution in [3.05, 3.63) is 57.1 Å². The Bertz CT molecular complexity index is 1190. The Balaban J connectivity index is 1.85. The summed E-state index contributed by atoms with van der Waals surface area (Å²) in [6, 6.07) is 3.98. The van der Waals surface area contributed by atoms with Gasteiger partial charge in [0.15, 0.2) is 17.2 Å². The van der Waals surface area contributed by atoms with E-state index in [4.69, 9.17) is 0 Å². The normalized spacial score (nSPS) is 15.7. The van der Waals surface area contributed by atoms with Crippen molar-refractivity contribution in [1.82, 2.24) is 19.3 Å². The zero-order valence-electron chi connectivity index (χ0n) is 17.5. The van der Waals surface area contributed by atoms with Gasteiger partial charge in [0.1, 0.15) is 5.65 Å². The number of aryl methyl sites for hydroxylation is 1. The van der Waals surface area contributed by atoms with Crippen molar-refractivity contribution >= 4 is 22.5 Å². The quantitative estimate of drug-likeness (QED) is 0.452. The molecule has 30 heavy (non-hydrogen) atoms. The van der Waals surface area contributed by atoms with Crippen LogP contribution in [0.4, 0.5) is 5.69 Å². The maximum absolute atomic E-state index is 12.5. The van der Waals surface area contributed by atoms with Crippen molar-refractivity contribution in [2.24, 2.45) is 11.1 Å². The van der Waals surface area contributed by atoms with E-state index < -0.39 is 11.3 Å². The molecular weight excluding hydrogens is 382 g/mol. The van der Waals surface area contributed by atoms with Gasteiger partial charge in [0.05, 0.1) is 18.3 Å². The van der Waals surface area contributed by atoms with E-state index in [-0.39, 0.29) is 22.7 Å². The molecule has 0 radical (unpaired) electrons. The number of ketones is 1. The monoisotopic (exact) mass is 407 g/mol. The Morgan fingerprint density at radius 1 is 1.27 bits per heavy atom. The molecule has 0 aliphatic heterocycles. The number of fused-ring (bicyclic) bond motifs is 1. The van der Waals surface area contributed by atoms with Crippen molar-refractivity contribution in [2.75, 3.05) is 0 Å². The smallest absolute Gasteiger partial charge is 0.240 e. The van der Waals surface area contributed by atoms with E-state index >= 15 is 0 Å². The van der Waals surface area contributed by atoms with Crippen LogP contribution in [0, 0.1) is 17.7 Å². The van der Waals surface area contributed by atoms with Crippen LogP contribution in [-0.2, 0) is 12.1 Å². The van der Waals surface area contributed by atoms with Crippen molar-refractivity contribution in [3.8, 4) is 0 Å². The predicted molar refractivity (Wildman–Crippen MR) is 114 cm³/mol. The van der Waals surface area contributed by atoms with Crippen LogP contribution in [0.25, 0.3) is 11.0 Å². The SMILES string of the molecule is Cc1cn(C2(Cn3cc(N=O)c(=O)c(C(=O)C(C)C)n3)CCCC2)c2ncccc12. The predicted octanol–water partition coefficient (Wildman–Crippen LogP) is 4.11. The molecule has 0 unspecified atom stereocenters. The van der Waals surface area contributed by atoms with Crippen molar-refractivity contribution < 1.29 is 4.79 Å². The van der Waals surface area contributed by atoms with Crippen LogP contribution in [0.1, 0.15) is 55.6 Å². The summed E-state index contributed by atoms with van der Waals surface area (Å²) < 4.78 is 3.76. The number of hydrogen-bond acceptors (Lipinski definition) is 6. The third kappa shape index (κ3) is 3.26.